The Labute approximate surface area is 148 Å². The molecule has 0 amide bonds. The summed E-state index contributed by atoms with van der Waals surface area (Å²) in [5.41, 5.74) is 4.75. The highest BCUT2D eigenvalue weighted by Gasteiger charge is 2.29. The molecule has 0 saturated carbocycles. The maximum atomic E-state index is 13.2. The van der Waals surface area contributed by atoms with Gasteiger partial charge < -0.3 is 4.90 Å². The number of nitrogens with zero attached hydrogens (tertiary/aromatic N) is 1. The lowest BCUT2D eigenvalue weighted by Gasteiger charge is -2.33. The normalized spacial score (nSPS) is 14.8. The molecule has 126 valence electrons. The predicted octanol–water partition coefficient (Wildman–Crippen LogP) is 4.48. The molecule has 3 nitrogen and oxygen atoms in total. The van der Waals surface area contributed by atoms with E-state index in [1.807, 2.05) is 79.5 Å². The summed E-state index contributed by atoms with van der Waals surface area (Å²) in [6.45, 7) is 3.49. The van der Waals surface area contributed by atoms with Crippen molar-refractivity contribution in [2.75, 3.05) is 7.05 Å². The van der Waals surface area contributed by atoms with E-state index < -0.39 is 0 Å². The van der Waals surface area contributed by atoms with Gasteiger partial charge >= 0.3 is 0 Å². The number of ketones is 2. The smallest absolute Gasteiger partial charge is 0.191 e. The third-order valence-electron chi connectivity index (χ3n) is 4.70. The number of Topliss-reactive ketones (excluding diaryl/α,β-unsaturated/α-hetero) is 2. The first-order chi connectivity index (χ1) is 12.0. The van der Waals surface area contributed by atoms with Gasteiger partial charge in [-0.15, -0.1) is 0 Å². The highest BCUT2D eigenvalue weighted by atomic mass is 16.1. The fourth-order valence-corrected chi connectivity index (χ4v) is 3.26. The highest BCUT2D eigenvalue weighted by Crippen LogP contribution is 2.36. The quantitative estimate of drug-likeness (QED) is 0.775. The molecule has 2 aromatic rings. The van der Waals surface area contributed by atoms with Gasteiger partial charge in [0.2, 0.25) is 0 Å². The van der Waals surface area contributed by atoms with E-state index in [0.29, 0.717) is 23.1 Å². The van der Waals surface area contributed by atoms with E-state index in [0.717, 1.165) is 17.0 Å². The Hall–Kier alpha value is -2.94. The summed E-state index contributed by atoms with van der Waals surface area (Å²) in [6.07, 6.45) is 0.365. The van der Waals surface area contributed by atoms with Crippen LogP contribution in [0.3, 0.4) is 0 Å². The first kappa shape index (κ1) is 16.9. The molecule has 0 atom stereocenters. The second-order valence-corrected chi connectivity index (χ2v) is 6.24. The number of hydrogen-bond donors (Lipinski definition) is 0. The van der Waals surface area contributed by atoms with Gasteiger partial charge in [0.15, 0.2) is 11.6 Å². The lowest BCUT2D eigenvalue weighted by atomic mass is 9.87. The van der Waals surface area contributed by atoms with Crippen LogP contribution in [0.5, 0.6) is 0 Å². The molecule has 0 saturated heterocycles. The van der Waals surface area contributed by atoms with Gasteiger partial charge in [0.25, 0.3) is 0 Å². The Morgan fingerprint density at radius 2 is 1.44 bits per heavy atom. The standard InChI is InChI=1S/C22H21NO2/c1-15-19(16(2)24)14-20(22(25)18-12-8-5-9-13-18)21(23(15)3)17-10-6-4-7-11-17/h4-13H,14H2,1-3H3. The van der Waals surface area contributed by atoms with E-state index in [4.69, 9.17) is 0 Å². The maximum absolute atomic E-state index is 13.2. The van der Waals surface area contributed by atoms with Gasteiger partial charge in [-0.25, -0.2) is 0 Å². The van der Waals surface area contributed by atoms with Crippen molar-refractivity contribution < 1.29 is 9.59 Å². The van der Waals surface area contributed by atoms with Crippen molar-refractivity contribution >= 4 is 17.3 Å². The number of allylic oxidation sites excluding steroid dienone is 3. The third kappa shape index (κ3) is 3.18. The van der Waals surface area contributed by atoms with Gasteiger partial charge in [-0.1, -0.05) is 60.7 Å². The first-order valence-electron chi connectivity index (χ1n) is 8.33. The summed E-state index contributed by atoms with van der Waals surface area (Å²) in [4.78, 5) is 27.2. The van der Waals surface area contributed by atoms with Crippen LogP contribution >= 0.6 is 0 Å². The number of benzene rings is 2. The summed E-state index contributed by atoms with van der Waals surface area (Å²) in [5, 5.41) is 0. The van der Waals surface area contributed by atoms with E-state index in [1.54, 1.807) is 6.92 Å². The third-order valence-corrected chi connectivity index (χ3v) is 4.70. The first-order valence-corrected chi connectivity index (χ1v) is 8.33. The molecule has 1 aliphatic rings. The minimum atomic E-state index is -0.0300. The van der Waals surface area contributed by atoms with Crippen LogP contribution in [-0.4, -0.2) is 23.5 Å². The molecule has 0 fully saturated rings. The molecular formula is C22H21NO2. The van der Waals surface area contributed by atoms with E-state index in [1.165, 1.54) is 0 Å². The Balaban J connectivity index is 2.18. The van der Waals surface area contributed by atoms with Gasteiger partial charge in [0.1, 0.15) is 0 Å². The Morgan fingerprint density at radius 1 is 0.880 bits per heavy atom. The number of rotatable bonds is 4. The number of hydrogen-bond acceptors (Lipinski definition) is 3. The van der Waals surface area contributed by atoms with Crippen LogP contribution in [0.4, 0.5) is 0 Å². The lowest BCUT2D eigenvalue weighted by Crippen LogP contribution is -2.27. The molecule has 1 heterocycles. The summed E-state index contributed by atoms with van der Waals surface area (Å²) in [7, 11) is 1.91. The largest absolute Gasteiger partial charge is 0.347 e. The Kier molecular flexibility index (Phi) is 4.66. The van der Waals surface area contributed by atoms with Gasteiger partial charge in [-0.3, -0.25) is 9.59 Å². The lowest BCUT2D eigenvalue weighted by molar-refractivity contribution is -0.113. The predicted molar refractivity (Wildman–Crippen MR) is 99.9 cm³/mol. The molecule has 3 rings (SSSR count). The SMILES string of the molecule is CC(=O)C1=C(C)N(C)C(c2ccccc2)=C(C(=O)c2ccccc2)C1. The maximum Gasteiger partial charge on any atom is 0.191 e. The van der Waals surface area contributed by atoms with Crippen LogP contribution in [0.25, 0.3) is 5.70 Å². The fourth-order valence-electron chi connectivity index (χ4n) is 3.26. The van der Waals surface area contributed by atoms with Gasteiger partial charge in [-0.05, 0) is 19.4 Å². The molecule has 0 bridgehead atoms. The minimum absolute atomic E-state index is 0.00910. The van der Waals surface area contributed by atoms with Gasteiger partial charge in [-0.2, -0.15) is 0 Å². The van der Waals surface area contributed by atoms with Crippen molar-refractivity contribution in [3.05, 3.63) is 88.6 Å². The van der Waals surface area contributed by atoms with Crippen molar-refractivity contribution in [2.45, 2.75) is 20.3 Å². The molecule has 0 spiro atoms. The van der Waals surface area contributed by atoms with Crippen molar-refractivity contribution in [1.29, 1.82) is 0 Å². The average Bonchev–Trinajstić information content (AvgIpc) is 2.64. The van der Waals surface area contributed by atoms with Crippen molar-refractivity contribution in [1.82, 2.24) is 4.90 Å². The fraction of sp³-hybridized carbons (Fsp3) is 0.182. The Morgan fingerprint density at radius 3 is 2.00 bits per heavy atom. The van der Waals surface area contributed by atoms with Crippen LogP contribution in [0.1, 0.15) is 36.2 Å². The van der Waals surface area contributed by atoms with Crippen molar-refractivity contribution in [3.8, 4) is 0 Å². The molecule has 0 aromatic heterocycles. The molecule has 25 heavy (non-hydrogen) atoms. The number of carbonyl (C=O) groups excluding carboxylic acids is 2. The van der Waals surface area contributed by atoms with Crippen LogP contribution < -0.4 is 0 Å². The van der Waals surface area contributed by atoms with Crippen molar-refractivity contribution in [2.24, 2.45) is 0 Å². The second-order valence-electron chi connectivity index (χ2n) is 6.24. The molecule has 0 radical (unpaired) electrons. The van der Waals surface area contributed by atoms with Crippen molar-refractivity contribution in [3.63, 3.8) is 0 Å². The second kappa shape index (κ2) is 6.89. The van der Waals surface area contributed by atoms with E-state index in [9.17, 15) is 9.59 Å². The summed E-state index contributed by atoms with van der Waals surface area (Å²) >= 11 is 0. The molecule has 0 unspecified atom stereocenters. The van der Waals surface area contributed by atoms with Crippen LogP contribution in [0, 0.1) is 0 Å². The van der Waals surface area contributed by atoms with Gasteiger partial charge in [0, 0.05) is 35.9 Å². The zero-order valence-corrected chi connectivity index (χ0v) is 14.7. The molecule has 2 aromatic carbocycles. The van der Waals surface area contributed by atoms with Crippen LogP contribution in [0.15, 0.2) is 77.5 Å². The van der Waals surface area contributed by atoms with E-state index in [-0.39, 0.29) is 11.6 Å². The average molecular weight is 331 g/mol. The summed E-state index contributed by atoms with van der Waals surface area (Å²) < 4.78 is 0. The monoisotopic (exact) mass is 331 g/mol. The summed E-state index contributed by atoms with van der Waals surface area (Å²) in [6, 6.07) is 19.1. The topological polar surface area (TPSA) is 37.4 Å². The minimum Gasteiger partial charge on any atom is -0.347 e. The molecule has 0 aliphatic carbocycles. The molecule has 0 N–H and O–H groups in total. The van der Waals surface area contributed by atoms with E-state index >= 15 is 0 Å². The van der Waals surface area contributed by atoms with Crippen LogP contribution in [-0.2, 0) is 4.79 Å². The highest BCUT2D eigenvalue weighted by molar-refractivity contribution is 6.15. The number of carbonyl (C=O) groups is 2. The Bertz CT molecular complexity index is 877. The van der Waals surface area contributed by atoms with Crippen LogP contribution in [0.2, 0.25) is 0 Å². The molecular weight excluding hydrogens is 310 g/mol. The summed E-state index contributed by atoms with van der Waals surface area (Å²) in [5.74, 6) is -0.0209. The molecule has 3 heteroatoms. The zero-order chi connectivity index (χ0) is 18.0. The van der Waals surface area contributed by atoms with Gasteiger partial charge in [0.05, 0.1) is 5.70 Å². The molecule has 1 aliphatic heterocycles. The zero-order valence-electron chi connectivity index (χ0n) is 14.7. The van der Waals surface area contributed by atoms with E-state index in [2.05, 4.69) is 0 Å².